The molecule has 0 aromatic heterocycles. The minimum atomic E-state index is -4.01. The van der Waals surface area contributed by atoms with Crippen LogP contribution in [0.25, 0.3) is 0 Å². The molecule has 0 unspecified atom stereocenters. The minimum Gasteiger partial charge on any atom is -0.489 e. The van der Waals surface area contributed by atoms with Crippen LogP contribution in [0.2, 0.25) is 0 Å². The van der Waals surface area contributed by atoms with Crippen molar-refractivity contribution < 1.29 is 17.5 Å². The van der Waals surface area contributed by atoms with Crippen LogP contribution in [0.5, 0.6) is 5.75 Å². The van der Waals surface area contributed by atoms with Gasteiger partial charge in [-0.3, -0.25) is 4.72 Å². The van der Waals surface area contributed by atoms with Gasteiger partial charge in [-0.1, -0.05) is 48.5 Å². The van der Waals surface area contributed by atoms with Crippen LogP contribution in [0, 0.1) is 5.82 Å². The van der Waals surface area contributed by atoms with E-state index in [4.69, 9.17) is 4.74 Å². The van der Waals surface area contributed by atoms with Crippen molar-refractivity contribution in [1.29, 1.82) is 0 Å². The maximum atomic E-state index is 13.7. The molecule has 3 aromatic rings. The van der Waals surface area contributed by atoms with Crippen molar-refractivity contribution in [2.75, 3.05) is 4.72 Å². The Balaban J connectivity index is 1.74. The molecule has 0 fully saturated rings. The number of anilines is 1. The smallest absolute Gasteiger partial charge is 0.264 e. The molecule has 0 radical (unpaired) electrons. The van der Waals surface area contributed by atoms with Crippen LogP contribution in [-0.4, -0.2) is 8.42 Å². The van der Waals surface area contributed by atoms with Gasteiger partial charge in [-0.05, 0) is 29.8 Å². The minimum absolute atomic E-state index is 0.300. The maximum absolute atomic E-state index is 13.7. The number of rotatable bonds is 6. The van der Waals surface area contributed by atoms with Crippen molar-refractivity contribution in [3.8, 4) is 5.75 Å². The molecule has 0 aliphatic carbocycles. The molecular weight excluding hydrogens is 341 g/mol. The Morgan fingerprint density at radius 3 is 2.36 bits per heavy atom. The lowest BCUT2D eigenvalue weighted by Crippen LogP contribution is -2.14. The maximum Gasteiger partial charge on any atom is 0.264 e. The molecule has 0 saturated carbocycles. The van der Waals surface area contributed by atoms with Crippen molar-refractivity contribution in [3.05, 3.63) is 90.2 Å². The number of benzene rings is 3. The zero-order valence-corrected chi connectivity index (χ0v) is 14.0. The lowest BCUT2D eigenvalue weighted by atomic mass is 10.2. The monoisotopic (exact) mass is 357 g/mol. The highest BCUT2D eigenvalue weighted by molar-refractivity contribution is 7.92. The fourth-order valence-corrected chi connectivity index (χ4v) is 3.39. The molecule has 0 atom stereocenters. The number of sulfonamides is 1. The molecule has 0 amide bonds. The molecule has 0 bridgehead atoms. The molecule has 0 aliphatic rings. The van der Waals surface area contributed by atoms with Gasteiger partial charge in [0.05, 0.1) is 5.69 Å². The van der Waals surface area contributed by atoms with Crippen molar-refractivity contribution >= 4 is 15.7 Å². The van der Waals surface area contributed by atoms with E-state index in [1.807, 2.05) is 30.3 Å². The topological polar surface area (TPSA) is 55.4 Å². The third-order valence-electron chi connectivity index (χ3n) is 3.46. The second kappa shape index (κ2) is 7.36. The van der Waals surface area contributed by atoms with Crippen LogP contribution in [-0.2, 0) is 16.6 Å². The number of hydrogen-bond acceptors (Lipinski definition) is 3. The first-order valence-corrected chi connectivity index (χ1v) is 9.07. The zero-order chi connectivity index (χ0) is 17.7. The van der Waals surface area contributed by atoms with Gasteiger partial charge in [-0.25, -0.2) is 12.8 Å². The second-order valence-electron chi connectivity index (χ2n) is 5.34. The molecule has 0 heterocycles. The van der Waals surface area contributed by atoms with Crippen LogP contribution in [0.1, 0.15) is 5.56 Å². The number of ether oxygens (including phenoxy) is 1. The quantitative estimate of drug-likeness (QED) is 0.719. The van der Waals surface area contributed by atoms with E-state index in [0.29, 0.717) is 18.0 Å². The van der Waals surface area contributed by atoms with Crippen LogP contribution in [0.15, 0.2) is 83.8 Å². The lowest BCUT2D eigenvalue weighted by molar-refractivity contribution is 0.306. The summed E-state index contributed by atoms with van der Waals surface area (Å²) in [5.41, 5.74) is 1.30. The van der Waals surface area contributed by atoms with E-state index in [9.17, 15) is 12.8 Å². The molecule has 1 N–H and O–H groups in total. The molecular formula is C19H16FNO3S. The van der Waals surface area contributed by atoms with Crippen molar-refractivity contribution in [2.45, 2.75) is 11.5 Å². The fraction of sp³-hybridized carbons (Fsp3) is 0.0526. The Hall–Kier alpha value is -2.86. The van der Waals surface area contributed by atoms with Gasteiger partial charge < -0.3 is 4.74 Å². The predicted octanol–water partition coefficient (Wildman–Crippen LogP) is 4.21. The molecule has 0 spiro atoms. The Bertz CT molecular complexity index is 959. The van der Waals surface area contributed by atoms with Gasteiger partial charge in [0.2, 0.25) is 0 Å². The Kier molecular flexibility index (Phi) is 5.00. The van der Waals surface area contributed by atoms with Gasteiger partial charge in [0.15, 0.2) is 0 Å². The molecule has 3 aromatic carbocycles. The molecule has 3 rings (SSSR count). The highest BCUT2D eigenvalue weighted by Gasteiger charge is 2.18. The molecule has 0 saturated heterocycles. The van der Waals surface area contributed by atoms with Crippen LogP contribution >= 0.6 is 0 Å². The van der Waals surface area contributed by atoms with E-state index in [1.54, 1.807) is 24.3 Å². The Labute approximate surface area is 146 Å². The average Bonchev–Trinajstić information content (AvgIpc) is 2.61. The summed E-state index contributed by atoms with van der Waals surface area (Å²) in [5, 5.41) is 0. The Morgan fingerprint density at radius 1 is 0.880 bits per heavy atom. The van der Waals surface area contributed by atoms with E-state index in [0.717, 1.165) is 11.6 Å². The number of nitrogens with one attached hydrogen (secondary N) is 1. The molecule has 0 aliphatic heterocycles. The van der Waals surface area contributed by atoms with Gasteiger partial charge in [0.1, 0.15) is 23.1 Å². The van der Waals surface area contributed by atoms with Crippen LogP contribution in [0.4, 0.5) is 10.1 Å². The highest BCUT2D eigenvalue weighted by atomic mass is 32.2. The highest BCUT2D eigenvalue weighted by Crippen LogP contribution is 2.22. The third-order valence-corrected chi connectivity index (χ3v) is 4.88. The zero-order valence-electron chi connectivity index (χ0n) is 13.2. The van der Waals surface area contributed by atoms with Crippen molar-refractivity contribution in [2.24, 2.45) is 0 Å². The fourth-order valence-electron chi connectivity index (χ4n) is 2.26. The third kappa shape index (κ3) is 4.36. The average molecular weight is 357 g/mol. The molecule has 4 nitrogen and oxygen atoms in total. The van der Waals surface area contributed by atoms with Gasteiger partial charge in [0.25, 0.3) is 10.0 Å². The number of hydrogen-bond donors (Lipinski definition) is 1. The summed E-state index contributed by atoms with van der Waals surface area (Å²) in [6.45, 7) is 0.365. The summed E-state index contributed by atoms with van der Waals surface area (Å²) in [7, 11) is -4.01. The SMILES string of the molecule is O=S(=O)(Nc1cccc(OCc2ccccc2)c1)c1ccccc1F. The van der Waals surface area contributed by atoms with E-state index < -0.39 is 20.7 Å². The van der Waals surface area contributed by atoms with E-state index in [2.05, 4.69) is 4.72 Å². The molecule has 6 heteroatoms. The largest absolute Gasteiger partial charge is 0.489 e. The van der Waals surface area contributed by atoms with Gasteiger partial charge >= 0.3 is 0 Å². The predicted molar refractivity (Wildman–Crippen MR) is 94.4 cm³/mol. The van der Waals surface area contributed by atoms with Crippen LogP contribution < -0.4 is 9.46 Å². The standard InChI is InChI=1S/C19H16FNO3S/c20-18-11-4-5-12-19(18)25(22,23)21-16-9-6-10-17(13-16)24-14-15-7-2-1-3-8-15/h1-13,21H,14H2. The summed E-state index contributed by atoms with van der Waals surface area (Å²) in [5.74, 6) is -0.288. The van der Waals surface area contributed by atoms with Crippen molar-refractivity contribution in [3.63, 3.8) is 0 Å². The van der Waals surface area contributed by atoms with Gasteiger partial charge in [-0.2, -0.15) is 0 Å². The summed E-state index contributed by atoms with van der Waals surface area (Å²) in [6, 6.07) is 21.4. The van der Waals surface area contributed by atoms with E-state index >= 15 is 0 Å². The van der Waals surface area contributed by atoms with E-state index in [1.165, 1.54) is 18.2 Å². The first kappa shape index (κ1) is 17.0. The first-order chi connectivity index (χ1) is 12.0. The molecule has 25 heavy (non-hydrogen) atoms. The van der Waals surface area contributed by atoms with Crippen molar-refractivity contribution in [1.82, 2.24) is 0 Å². The first-order valence-electron chi connectivity index (χ1n) is 7.59. The lowest BCUT2D eigenvalue weighted by Gasteiger charge is -2.11. The van der Waals surface area contributed by atoms with E-state index in [-0.39, 0.29) is 0 Å². The summed E-state index contributed by atoms with van der Waals surface area (Å²) >= 11 is 0. The summed E-state index contributed by atoms with van der Waals surface area (Å²) < 4.78 is 46.4. The Morgan fingerprint density at radius 2 is 1.60 bits per heavy atom. The normalized spacial score (nSPS) is 11.1. The van der Waals surface area contributed by atoms with Gasteiger partial charge in [0, 0.05) is 6.07 Å². The van der Waals surface area contributed by atoms with Gasteiger partial charge in [-0.15, -0.1) is 0 Å². The molecule has 128 valence electrons. The number of halogens is 1. The van der Waals surface area contributed by atoms with Crippen LogP contribution in [0.3, 0.4) is 0 Å². The summed E-state index contributed by atoms with van der Waals surface area (Å²) in [6.07, 6.45) is 0. The summed E-state index contributed by atoms with van der Waals surface area (Å²) in [4.78, 5) is -0.398. The second-order valence-corrected chi connectivity index (χ2v) is 6.99.